The van der Waals surface area contributed by atoms with Crippen LogP contribution < -0.4 is 21.5 Å². The third kappa shape index (κ3) is 5.46. The SMILES string of the molecule is CC(C(N)=O)[C@H](C)C(=O)NS(=O)(=O)c1ccc(Nc2nc(N)n(C(=O)c3c(F)cccc3F)n2)cc1. The predicted octanol–water partition coefficient (Wildman–Crippen LogP) is 1.13. The van der Waals surface area contributed by atoms with Crippen LogP contribution in [-0.2, 0) is 19.6 Å². The van der Waals surface area contributed by atoms with Gasteiger partial charge in [-0.2, -0.15) is 9.67 Å². The average Bonchev–Trinajstić information content (AvgIpc) is 3.17. The molecule has 190 valence electrons. The monoisotopic (exact) mass is 521 g/mol. The summed E-state index contributed by atoms with van der Waals surface area (Å²) in [6.45, 7) is 2.78. The molecule has 1 heterocycles. The molecule has 0 aliphatic carbocycles. The van der Waals surface area contributed by atoms with Crippen LogP contribution in [0.15, 0.2) is 47.4 Å². The van der Waals surface area contributed by atoms with Gasteiger partial charge in [0.05, 0.1) is 4.90 Å². The summed E-state index contributed by atoms with van der Waals surface area (Å²) in [6.07, 6.45) is 0. The first-order valence-corrected chi connectivity index (χ1v) is 11.7. The van der Waals surface area contributed by atoms with E-state index in [0.717, 1.165) is 18.2 Å². The molecule has 0 fully saturated rings. The molecule has 2 atom stereocenters. The summed E-state index contributed by atoms with van der Waals surface area (Å²) in [4.78, 5) is 39.5. The molecule has 2 aromatic carbocycles. The van der Waals surface area contributed by atoms with Gasteiger partial charge in [-0.3, -0.25) is 14.4 Å². The number of rotatable bonds is 8. The average molecular weight is 522 g/mol. The standard InChI is InChI=1S/C21H21F2N7O5S/c1-10(17(24)31)11(2)18(32)29-36(34,35)13-8-6-12(7-9-13)26-21-27-20(25)30(28-21)19(33)16-14(22)4-3-5-15(16)23/h3-11H,1-2H3,(H2,24,31)(H,29,32)(H3,25,26,27,28)/t10?,11-/m0/s1. The highest BCUT2D eigenvalue weighted by molar-refractivity contribution is 7.90. The summed E-state index contributed by atoms with van der Waals surface area (Å²) in [6, 6.07) is 7.85. The number of sulfonamides is 1. The predicted molar refractivity (Wildman–Crippen MR) is 123 cm³/mol. The van der Waals surface area contributed by atoms with Gasteiger partial charge in [0, 0.05) is 17.5 Å². The number of halogens is 2. The van der Waals surface area contributed by atoms with E-state index in [2.05, 4.69) is 15.4 Å². The summed E-state index contributed by atoms with van der Waals surface area (Å²) in [5.41, 5.74) is 10.2. The Kier molecular flexibility index (Phi) is 7.33. The van der Waals surface area contributed by atoms with Crippen LogP contribution in [0.4, 0.5) is 26.4 Å². The molecule has 0 bridgehead atoms. The molecule has 0 spiro atoms. The zero-order valence-electron chi connectivity index (χ0n) is 18.9. The van der Waals surface area contributed by atoms with Crippen LogP contribution in [0.3, 0.4) is 0 Å². The molecule has 15 heteroatoms. The summed E-state index contributed by atoms with van der Waals surface area (Å²) < 4.78 is 55.3. The molecule has 12 nitrogen and oxygen atoms in total. The van der Waals surface area contributed by atoms with E-state index in [0.29, 0.717) is 4.68 Å². The smallest absolute Gasteiger partial charge is 0.287 e. The van der Waals surface area contributed by atoms with Gasteiger partial charge in [-0.05, 0) is 36.4 Å². The van der Waals surface area contributed by atoms with Crippen molar-refractivity contribution in [2.24, 2.45) is 17.6 Å². The molecule has 6 N–H and O–H groups in total. The molecule has 3 rings (SSSR count). The maximum Gasteiger partial charge on any atom is 0.287 e. The molecule has 0 aliphatic heterocycles. The van der Waals surface area contributed by atoms with Gasteiger partial charge < -0.3 is 16.8 Å². The zero-order valence-corrected chi connectivity index (χ0v) is 19.7. The Hall–Kier alpha value is -4.40. The molecule has 2 amide bonds. The highest BCUT2D eigenvalue weighted by Gasteiger charge is 2.28. The van der Waals surface area contributed by atoms with Gasteiger partial charge in [-0.25, -0.2) is 21.9 Å². The maximum atomic E-state index is 13.9. The van der Waals surface area contributed by atoms with E-state index in [-0.39, 0.29) is 16.5 Å². The number of anilines is 3. The molecule has 1 aromatic heterocycles. The number of primary amides is 1. The van der Waals surface area contributed by atoms with Crippen molar-refractivity contribution >= 4 is 45.3 Å². The zero-order chi connectivity index (χ0) is 26.8. The van der Waals surface area contributed by atoms with Gasteiger partial charge in [0.2, 0.25) is 23.7 Å². The van der Waals surface area contributed by atoms with E-state index >= 15 is 0 Å². The van der Waals surface area contributed by atoms with Crippen LogP contribution in [0.25, 0.3) is 0 Å². The molecule has 0 radical (unpaired) electrons. The number of amides is 2. The number of nitrogen functional groups attached to an aromatic ring is 1. The van der Waals surface area contributed by atoms with Gasteiger partial charge in [0.1, 0.15) is 17.2 Å². The van der Waals surface area contributed by atoms with Crippen molar-refractivity contribution in [3.63, 3.8) is 0 Å². The maximum absolute atomic E-state index is 13.9. The quantitative estimate of drug-likeness (QED) is 0.336. The van der Waals surface area contributed by atoms with Crippen molar-refractivity contribution in [1.82, 2.24) is 19.5 Å². The van der Waals surface area contributed by atoms with Crippen LogP contribution >= 0.6 is 0 Å². The topological polar surface area (TPSA) is 192 Å². The number of aromatic nitrogens is 3. The van der Waals surface area contributed by atoms with Crippen molar-refractivity contribution < 1.29 is 31.6 Å². The van der Waals surface area contributed by atoms with Gasteiger partial charge in [-0.1, -0.05) is 19.9 Å². The highest BCUT2D eigenvalue weighted by atomic mass is 32.2. The van der Waals surface area contributed by atoms with E-state index in [4.69, 9.17) is 11.5 Å². The van der Waals surface area contributed by atoms with Crippen molar-refractivity contribution in [2.45, 2.75) is 18.7 Å². The molecular weight excluding hydrogens is 500 g/mol. The van der Waals surface area contributed by atoms with Gasteiger partial charge in [-0.15, -0.1) is 5.10 Å². The number of carbonyl (C=O) groups excluding carboxylic acids is 3. The molecule has 1 unspecified atom stereocenters. The molecule has 0 aliphatic rings. The summed E-state index contributed by atoms with van der Waals surface area (Å²) in [5, 5.41) is 6.47. The van der Waals surface area contributed by atoms with Crippen molar-refractivity contribution in [3.8, 4) is 0 Å². The first-order valence-electron chi connectivity index (χ1n) is 10.3. The lowest BCUT2D eigenvalue weighted by molar-refractivity contribution is -0.130. The van der Waals surface area contributed by atoms with E-state index in [1.165, 1.54) is 38.1 Å². The number of hydrogen-bond acceptors (Lipinski definition) is 9. The molecule has 0 saturated carbocycles. The van der Waals surface area contributed by atoms with Crippen LogP contribution in [0.1, 0.15) is 24.2 Å². The molecule has 3 aromatic rings. The van der Waals surface area contributed by atoms with Crippen LogP contribution in [0, 0.1) is 23.5 Å². The first-order chi connectivity index (χ1) is 16.8. The minimum Gasteiger partial charge on any atom is -0.369 e. The molecule has 36 heavy (non-hydrogen) atoms. The fraction of sp³-hybridized carbons (Fsp3) is 0.190. The van der Waals surface area contributed by atoms with Crippen molar-refractivity contribution in [3.05, 3.63) is 59.7 Å². The van der Waals surface area contributed by atoms with Crippen LogP contribution in [0.2, 0.25) is 0 Å². The van der Waals surface area contributed by atoms with Gasteiger partial charge in [0.25, 0.3) is 15.9 Å². The van der Waals surface area contributed by atoms with Crippen LogP contribution in [0.5, 0.6) is 0 Å². The second-order valence-electron chi connectivity index (χ2n) is 7.71. The van der Waals surface area contributed by atoms with Crippen molar-refractivity contribution in [2.75, 3.05) is 11.1 Å². The molecular formula is C21H21F2N7O5S. The van der Waals surface area contributed by atoms with Gasteiger partial charge >= 0.3 is 0 Å². The minimum atomic E-state index is -4.26. The lowest BCUT2D eigenvalue weighted by Gasteiger charge is -2.16. The Morgan fingerprint density at radius 2 is 1.58 bits per heavy atom. The Morgan fingerprint density at radius 3 is 2.14 bits per heavy atom. The fourth-order valence-corrected chi connectivity index (χ4v) is 4.00. The third-order valence-corrected chi connectivity index (χ3v) is 6.63. The lowest BCUT2D eigenvalue weighted by atomic mass is 9.95. The normalized spacial score (nSPS) is 13.0. The largest absolute Gasteiger partial charge is 0.369 e. The summed E-state index contributed by atoms with van der Waals surface area (Å²) in [7, 11) is -4.26. The highest BCUT2D eigenvalue weighted by Crippen LogP contribution is 2.20. The Morgan fingerprint density at radius 1 is 1.00 bits per heavy atom. The van der Waals surface area contributed by atoms with Crippen LogP contribution in [-0.4, -0.2) is 40.9 Å². The number of benzene rings is 2. The number of nitrogens with zero attached hydrogens (tertiary/aromatic N) is 3. The summed E-state index contributed by atoms with van der Waals surface area (Å²) in [5.74, 6) is -7.56. The second kappa shape index (κ2) is 10.1. The van der Waals surface area contributed by atoms with E-state index in [1.54, 1.807) is 0 Å². The van der Waals surface area contributed by atoms with E-state index < -0.39 is 62.7 Å². The van der Waals surface area contributed by atoms with Gasteiger partial charge in [0.15, 0.2) is 0 Å². The molecule has 0 saturated heterocycles. The lowest BCUT2D eigenvalue weighted by Crippen LogP contribution is -2.40. The summed E-state index contributed by atoms with van der Waals surface area (Å²) >= 11 is 0. The second-order valence-corrected chi connectivity index (χ2v) is 9.39. The number of nitrogens with one attached hydrogen (secondary N) is 2. The van der Waals surface area contributed by atoms with E-state index in [1.807, 2.05) is 4.72 Å². The number of carbonyl (C=O) groups is 3. The number of nitrogens with two attached hydrogens (primary N) is 2. The Labute approximate surface area is 203 Å². The van der Waals surface area contributed by atoms with E-state index in [9.17, 15) is 31.6 Å². The Balaban J connectivity index is 1.75. The minimum absolute atomic E-state index is 0.212. The number of hydrogen-bond donors (Lipinski definition) is 4. The fourth-order valence-electron chi connectivity index (χ4n) is 2.94. The third-order valence-electron chi connectivity index (χ3n) is 5.27. The Bertz CT molecular complexity index is 1420. The first kappa shape index (κ1) is 26.2. The van der Waals surface area contributed by atoms with Crippen molar-refractivity contribution in [1.29, 1.82) is 0 Å².